The fourth-order valence-corrected chi connectivity index (χ4v) is 1.63. The summed E-state index contributed by atoms with van der Waals surface area (Å²) in [6.45, 7) is 2.66. The van der Waals surface area contributed by atoms with Gasteiger partial charge in [0.15, 0.2) is 0 Å². The number of aromatic nitrogens is 1. The number of carbonyl (C=O) groups excluding carboxylic acids is 1. The Bertz CT molecular complexity index is 310. The predicted molar refractivity (Wildman–Crippen MR) is 55.1 cm³/mol. The second-order valence-corrected chi connectivity index (χ2v) is 3.35. The van der Waals surface area contributed by atoms with Crippen LogP contribution in [0.5, 0.6) is 0 Å². The summed E-state index contributed by atoms with van der Waals surface area (Å²) >= 11 is 0. The van der Waals surface area contributed by atoms with E-state index in [1.807, 2.05) is 0 Å². The molecule has 0 aromatic carbocycles. The van der Waals surface area contributed by atoms with Gasteiger partial charge >= 0.3 is 0 Å². The van der Waals surface area contributed by atoms with Crippen LogP contribution in [0.3, 0.4) is 0 Å². The van der Waals surface area contributed by atoms with Crippen molar-refractivity contribution < 1.29 is 13.9 Å². The van der Waals surface area contributed by atoms with Gasteiger partial charge in [0.25, 0.3) is 6.47 Å². The summed E-state index contributed by atoms with van der Waals surface area (Å²) < 4.78 is 17.0. The standard InChI is InChI=1S/C8H10FN.C3H6O2/c9-7-5-10-8-4-2-1-3-6(7)8;1-2-5-3-4/h5,10H,1-4H2;3H,2H2,1H3. The lowest BCUT2D eigenvalue weighted by Crippen LogP contribution is -2.01. The first kappa shape index (κ1) is 11.8. The molecule has 0 aliphatic heterocycles. The van der Waals surface area contributed by atoms with E-state index in [1.165, 1.54) is 12.6 Å². The molecule has 0 saturated carbocycles. The normalized spacial score (nSPS) is 13.5. The van der Waals surface area contributed by atoms with Crippen molar-refractivity contribution in [2.24, 2.45) is 0 Å². The van der Waals surface area contributed by atoms with Gasteiger partial charge in [0, 0.05) is 17.5 Å². The number of aromatic amines is 1. The van der Waals surface area contributed by atoms with Crippen molar-refractivity contribution in [3.05, 3.63) is 23.3 Å². The second kappa shape index (κ2) is 6.22. The molecule has 84 valence electrons. The third kappa shape index (κ3) is 3.38. The van der Waals surface area contributed by atoms with Crippen molar-refractivity contribution in [1.29, 1.82) is 0 Å². The number of rotatable bonds is 2. The quantitative estimate of drug-likeness (QED) is 0.765. The molecule has 0 radical (unpaired) electrons. The van der Waals surface area contributed by atoms with Crippen molar-refractivity contribution in [3.63, 3.8) is 0 Å². The maximum atomic E-state index is 12.8. The molecule has 1 aliphatic rings. The minimum atomic E-state index is -0.0466. The lowest BCUT2D eigenvalue weighted by atomic mass is 9.98. The van der Waals surface area contributed by atoms with Crippen LogP contribution in [0, 0.1) is 5.82 Å². The molecule has 2 rings (SSSR count). The monoisotopic (exact) mass is 213 g/mol. The molecule has 1 aliphatic carbocycles. The molecule has 3 nitrogen and oxygen atoms in total. The molecule has 1 aromatic heterocycles. The Balaban J connectivity index is 0.000000195. The van der Waals surface area contributed by atoms with Gasteiger partial charge in [-0.25, -0.2) is 4.39 Å². The second-order valence-electron chi connectivity index (χ2n) is 3.35. The summed E-state index contributed by atoms with van der Waals surface area (Å²) in [4.78, 5) is 12.1. The molecular weight excluding hydrogens is 197 g/mol. The van der Waals surface area contributed by atoms with Crippen LogP contribution >= 0.6 is 0 Å². The van der Waals surface area contributed by atoms with Crippen molar-refractivity contribution in [1.82, 2.24) is 4.98 Å². The highest BCUT2D eigenvalue weighted by Crippen LogP contribution is 2.22. The zero-order chi connectivity index (χ0) is 11.1. The van der Waals surface area contributed by atoms with Gasteiger partial charge < -0.3 is 9.72 Å². The van der Waals surface area contributed by atoms with Gasteiger partial charge in [-0.1, -0.05) is 0 Å². The molecule has 0 fully saturated rings. The van der Waals surface area contributed by atoms with E-state index < -0.39 is 0 Å². The minimum Gasteiger partial charge on any atom is -0.468 e. The smallest absolute Gasteiger partial charge is 0.293 e. The third-order valence-corrected chi connectivity index (χ3v) is 2.36. The van der Waals surface area contributed by atoms with E-state index in [4.69, 9.17) is 0 Å². The number of ether oxygens (including phenoxy) is 1. The summed E-state index contributed by atoms with van der Waals surface area (Å²) in [7, 11) is 0. The summed E-state index contributed by atoms with van der Waals surface area (Å²) in [6.07, 6.45) is 5.76. The van der Waals surface area contributed by atoms with Crippen LogP contribution in [0.15, 0.2) is 6.20 Å². The van der Waals surface area contributed by atoms with Gasteiger partial charge in [0.05, 0.1) is 6.61 Å². The van der Waals surface area contributed by atoms with Gasteiger partial charge in [-0.05, 0) is 32.6 Å². The Labute approximate surface area is 88.6 Å². The van der Waals surface area contributed by atoms with Gasteiger partial charge in [0.1, 0.15) is 5.82 Å². The summed E-state index contributed by atoms with van der Waals surface area (Å²) in [5.41, 5.74) is 2.04. The van der Waals surface area contributed by atoms with Gasteiger partial charge in [-0.3, -0.25) is 4.79 Å². The first-order chi connectivity index (χ1) is 7.29. The Morgan fingerprint density at radius 2 is 2.27 bits per heavy atom. The van der Waals surface area contributed by atoms with Crippen LogP contribution in [-0.4, -0.2) is 18.1 Å². The number of H-pyrrole nitrogens is 1. The van der Waals surface area contributed by atoms with Crippen molar-refractivity contribution in [3.8, 4) is 0 Å². The van der Waals surface area contributed by atoms with E-state index in [9.17, 15) is 9.18 Å². The molecule has 0 saturated heterocycles. The lowest BCUT2D eigenvalue weighted by Gasteiger charge is -2.09. The number of nitrogens with one attached hydrogen (secondary N) is 1. The first-order valence-corrected chi connectivity index (χ1v) is 5.19. The molecule has 0 atom stereocenters. The Morgan fingerprint density at radius 3 is 2.80 bits per heavy atom. The number of halogens is 1. The molecule has 0 spiro atoms. The van der Waals surface area contributed by atoms with E-state index in [1.54, 1.807) is 6.92 Å². The molecule has 15 heavy (non-hydrogen) atoms. The Hall–Kier alpha value is -1.32. The predicted octanol–water partition coefficient (Wildman–Crippen LogP) is 2.21. The zero-order valence-corrected chi connectivity index (χ0v) is 8.88. The van der Waals surface area contributed by atoms with Crippen LogP contribution in [0.2, 0.25) is 0 Å². The highest BCUT2D eigenvalue weighted by molar-refractivity contribution is 5.36. The Morgan fingerprint density at radius 1 is 1.53 bits per heavy atom. The average molecular weight is 213 g/mol. The highest BCUT2D eigenvalue weighted by atomic mass is 19.1. The van der Waals surface area contributed by atoms with Crippen LogP contribution in [0.25, 0.3) is 0 Å². The summed E-state index contributed by atoms with van der Waals surface area (Å²) in [5.74, 6) is -0.0466. The van der Waals surface area contributed by atoms with E-state index in [-0.39, 0.29) is 5.82 Å². The molecule has 1 N–H and O–H groups in total. The van der Waals surface area contributed by atoms with E-state index in [0.29, 0.717) is 13.1 Å². The van der Waals surface area contributed by atoms with Crippen LogP contribution < -0.4 is 0 Å². The molecule has 1 heterocycles. The Kier molecular flexibility index (Phi) is 4.87. The maximum absolute atomic E-state index is 12.8. The van der Waals surface area contributed by atoms with Crippen LogP contribution in [0.4, 0.5) is 4.39 Å². The fourth-order valence-electron chi connectivity index (χ4n) is 1.63. The van der Waals surface area contributed by atoms with E-state index in [0.717, 1.165) is 30.5 Å². The van der Waals surface area contributed by atoms with E-state index in [2.05, 4.69) is 9.72 Å². The molecule has 4 heteroatoms. The summed E-state index contributed by atoms with van der Waals surface area (Å²) in [6, 6.07) is 0. The van der Waals surface area contributed by atoms with Gasteiger partial charge in [0.2, 0.25) is 0 Å². The topological polar surface area (TPSA) is 42.1 Å². The molecular formula is C11H16FNO2. The number of aryl methyl sites for hydroxylation is 1. The van der Waals surface area contributed by atoms with Crippen molar-refractivity contribution in [2.75, 3.05) is 6.61 Å². The number of hydrogen-bond acceptors (Lipinski definition) is 2. The average Bonchev–Trinajstić information content (AvgIpc) is 2.64. The minimum absolute atomic E-state index is 0.0466. The van der Waals surface area contributed by atoms with Crippen molar-refractivity contribution >= 4 is 6.47 Å². The van der Waals surface area contributed by atoms with Crippen LogP contribution in [0.1, 0.15) is 31.0 Å². The van der Waals surface area contributed by atoms with Gasteiger partial charge in [-0.15, -0.1) is 0 Å². The highest BCUT2D eigenvalue weighted by Gasteiger charge is 2.14. The zero-order valence-electron chi connectivity index (χ0n) is 8.88. The first-order valence-electron chi connectivity index (χ1n) is 5.19. The number of fused-ring (bicyclic) bond motifs is 1. The fraction of sp³-hybridized carbons (Fsp3) is 0.545. The third-order valence-electron chi connectivity index (χ3n) is 2.36. The molecule has 0 unspecified atom stereocenters. The largest absolute Gasteiger partial charge is 0.468 e. The van der Waals surface area contributed by atoms with E-state index >= 15 is 0 Å². The van der Waals surface area contributed by atoms with Crippen molar-refractivity contribution in [2.45, 2.75) is 32.6 Å². The maximum Gasteiger partial charge on any atom is 0.293 e. The molecule has 1 aromatic rings. The molecule has 0 amide bonds. The van der Waals surface area contributed by atoms with Gasteiger partial charge in [-0.2, -0.15) is 0 Å². The lowest BCUT2D eigenvalue weighted by molar-refractivity contribution is -0.128. The SMILES string of the molecule is CCOC=O.Fc1c[nH]c2c1CCCC2. The number of carbonyl (C=O) groups is 1. The van der Waals surface area contributed by atoms with Crippen LogP contribution in [-0.2, 0) is 22.4 Å². The summed E-state index contributed by atoms with van der Waals surface area (Å²) in [5, 5.41) is 0. The molecule has 0 bridgehead atoms. The number of hydrogen-bond donors (Lipinski definition) is 1.